The molecule has 1 atom stereocenters. The molecule has 0 spiro atoms. The topological polar surface area (TPSA) is 77.3 Å². The quantitative estimate of drug-likeness (QED) is 0.928. The van der Waals surface area contributed by atoms with E-state index in [1.807, 2.05) is 0 Å². The Bertz CT molecular complexity index is 752. The van der Waals surface area contributed by atoms with Gasteiger partial charge < -0.3 is 14.6 Å². The number of benzene rings is 1. The van der Waals surface area contributed by atoms with Crippen molar-refractivity contribution in [3.05, 3.63) is 29.7 Å². The standard InChI is InChI=1S/C15H14F3N3O3/c1-8-6-9(12-20-14(24-21-12)15(16,17)18)2-3-11(8)19-13(22)10-4-5-23-7-10/h2-3,6,10H,4-5,7H2,1H3,(H,19,22). The molecule has 0 saturated carbocycles. The van der Waals surface area contributed by atoms with Gasteiger partial charge in [0.1, 0.15) is 0 Å². The van der Waals surface area contributed by atoms with Gasteiger partial charge in [-0.1, -0.05) is 5.16 Å². The van der Waals surface area contributed by atoms with Gasteiger partial charge in [0.25, 0.3) is 0 Å². The molecule has 1 N–H and O–H groups in total. The average molecular weight is 341 g/mol. The van der Waals surface area contributed by atoms with Crippen LogP contribution in [0.15, 0.2) is 22.7 Å². The average Bonchev–Trinajstić information content (AvgIpc) is 3.20. The molecule has 1 aromatic carbocycles. The maximum Gasteiger partial charge on any atom is 0.471 e. The molecule has 128 valence electrons. The number of alkyl halides is 3. The highest BCUT2D eigenvalue weighted by Crippen LogP contribution is 2.30. The number of nitrogens with one attached hydrogen (secondary N) is 1. The SMILES string of the molecule is Cc1cc(-c2noc(C(F)(F)F)n2)ccc1NC(=O)C1CCOC1. The molecule has 1 aliphatic heterocycles. The van der Waals surface area contributed by atoms with Crippen LogP contribution in [0.25, 0.3) is 11.4 Å². The largest absolute Gasteiger partial charge is 0.471 e. The minimum absolute atomic E-state index is 0.137. The van der Waals surface area contributed by atoms with E-state index in [0.29, 0.717) is 36.4 Å². The van der Waals surface area contributed by atoms with Crippen molar-refractivity contribution in [2.24, 2.45) is 5.92 Å². The third kappa shape index (κ3) is 3.40. The summed E-state index contributed by atoms with van der Waals surface area (Å²) in [6, 6.07) is 4.71. The number of hydrogen-bond donors (Lipinski definition) is 1. The van der Waals surface area contributed by atoms with Crippen molar-refractivity contribution in [3.8, 4) is 11.4 Å². The molecule has 1 saturated heterocycles. The summed E-state index contributed by atoms with van der Waals surface area (Å²) >= 11 is 0. The number of ether oxygens (including phenoxy) is 1. The van der Waals surface area contributed by atoms with Gasteiger partial charge in [-0.25, -0.2) is 0 Å². The van der Waals surface area contributed by atoms with Gasteiger partial charge in [0.15, 0.2) is 0 Å². The maximum atomic E-state index is 12.5. The molecule has 1 unspecified atom stereocenters. The van der Waals surface area contributed by atoms with Crippen LogP contribution in [0.2, 0.25) is 0 Å². The summed E-state index contributed by atoms with van der Waals surface area (Å²) in [6.07, 6.45) is -4.01. The summed E-state index contributed by atoms with van der Waals surface area (Å²) in [5.74, 6) is -1.88. The molecule has 3 rings (SSSR count). The zero-order chi connectivity index (χ0) is 17.3. The second-order valence-corrected chi connectivity index (χ2v) is 5.50. The molecule has 0 radical (unpaired) electrons. The third-order valence-corrected chi connectivity index (χ3v) is 3.71. The van der Waals surface area contributed by atoms with Crippen LogP contribution in [0.4, 0.5) is 18.9 Å². The summed E-state index contributed by atoms with van der Waals surface area (Å²) in [5, 5.41) is 6.13. The minimum Gasteiger partial charge on any atom is -0.381 e. The Morgan fingerprint density at radius 3 is 2.75 bits per heavy atom. The van der Waals surface area contributed by atoms with Crippen molar-refractivity contribution in [1.82, 2.24) is 10.1 Å². The molecule has 1 amide bonds. The number of aromatic nitrogens is 2. The highest BCUT2D eigenvalue weighted by Gasteiger charge is 2.38. The Morgan fingerprint density at radius 2 is 2.17 bits per heavy atom. The first kappa shape index (κ1) is 16.4. The highest BCUT2D eigenvalue weighted by molar-refractivity contribution is 5.93. The number of hydrogen-bond acceptors (Lipinski definition) is 5. The first-order chi connectivity index (χ1) is 11.3. The third-order valence-electron chi connectivity index (χ3n) is 3.71. The predicted molar refractivity (Wildman–Crippen MR) is 77.0 cm³/mol. The maximum absolute atomic E-state index is 12.5. The van der Waals surface area contributed by atoms with Crippen LogP contribution in [-0.4, -0.2) is 29.3 Å². The summed E-state index contributed by atoms with van der Waals surface area (Å²) < 4.78 is 46.9. The number of rotatable bonds is 3. The molecular formula is C15H14F3N3O3. The van der Waals surface area contributed by atoms with Gasteiger partial charge in [0.05, 0.1) is 12.5 Å². The van der Waals surface area contributed by atoms with Crippen molar-refractivity contribution in [3.63, 3.8) is 0 Å². The smallest absolute Gasteiger partial charge is 0.381 e. The molecular weight excluding hydrogens is 327 g/mol. The van der Waals surface area contributed by atoms with Crippen LogP contribution in [0.3, 0.4) is 0 Å². The fraction of sp³-hybridized carbons (Fsp3) is 0.400. The van der Waals surface area contributed by atoms with E-state index in [1.54, 1.807) is 19.1 Å². The first-order valence-electron chi connectivity index (χ1n) is 7.25. The Labute approximate surface area is 135 Å². The van der Waals surface area contributed by atoms with Gasteiger partial charge in [-0.2, -0.15) is 18.2 Å². The van der Waals surface area contributed by atoms with Crippen molar-refractivity contribution in [1.29, 1.82) is 0 Å². The second-order valence-electron chi connectivity index (χ2n) is 5.50. The van der Waals surface area contributed by atoms with Gasteiger partial charge in [-0.05, 0) is 37.1 Å². The number of carbonyl (C=O) groups excluding carboxylic acids is 1. The lowest BCUT2D eigenvalue weighted by atomic mass is 10.1. The lowest BCUT2D eigenvalue weighted by molar-refractivity contribution is -0.159. The van der Waals surface area contributed by atoms with E-state index in [2.05, 4.69) is 20.0 Å². The van der Waals surface area contributed by atoms with E-state index in [0.717, 1.165) is 0 Å². The van der Waals surface area contributed by atoms with Gasteiger partial charge >= 0.3 is 12.1 Å². The van der Waals surface area contributed by atoms with Crippen molar-refractivity contribution in [2.75, 3.05) is 18.5 Å². The van der Waals surface area contributed by atoms with E-state index >= 15 is 0 Å². The van der Waals surface area contributed by atoms with E-state index < -0.39 is 12.1 Å². The van der Waals surface area contributed by atoms with Crippen LogP contribution < -0.4 is 5.32 Å². The van der Waals surface area contributed by atoms with Crippen molar-refractivity contribution in [2.45, 2.75) is 19.5 Å². The molecule has 0 aliphatic carbocycles. The minimum atomic E-state index is -4.68. The predicted octanol–water partition coefficient (Wildman–Crippen LogP) is 3.04. The van der Waals surface area contributed by atoms with E-state index in [9.17, 15) is 18.0 Å². The van der Waals surface area contributed by atoms with Crippen molar-refractivity contribution < 1.29 is 27.2 Å². The van der Waals surface area contributed by atoms with Gasteiger partial charge in [0, 0.05) is 17.9 Å². The number of carbonyl (C=O) groups is 1. The Balaban J connectivity index is 1.77. The molecule has 2 aromatic rings. The van der Waals surface area contributed by atoms with Crippen LogP contribution in [-0.2, 0) is 15.7 Å². The Hall–Kier alpha value is -2.42. The molecule has 1 aromatic heterocycles. The number of aryl methyl sites for hydroxylation is 1. The highest BCUT2D eigenvalue weighted by atomic mass is 19.4. The van der Waals surface area contributed by atoms with E-state index in [1.165, 1.54) is 6.07 Å². The summed E-state index contributed by atoms with van der Waals surface area (Å²) in [7, 11) is 0. The number of anilines is 1. The van der Waals surface area contributed by atoms with Gasteiger partial charge in [0.2, 0.25) is 11.7 Å². The summed E-state index contributed by atoms with van der Waals surface area (Å²) in [6.45, 7) is 2.69. The summed E-state index contributed by atoms with van der Waals surface area (Å²) in [5.41, 5.74) is 1.63. The number of halogens is 3. The zero-order valence-electron chi connectivity index (χ0n) is 12.7. The van der Waals surface area contributed by atoms with Crippen LogP contribution in [0, 0.1) is 12.8 Å². The molecule has 2 heterocycles. The Kier molecular flexibility index (Phi) is 4.27. The molecule has 6 nitrogen and oxygen atoms in total. The number of amides is 1. The Morgan fingerprint density at radius 1 is 1.38 bits per heavy atom. The first-order valence-corrected chi connectivity index (χ1v) is 7.25. The van der Waals surface area contributed by atoms with Gasteiger partial charge in [-0.3, -0.25) is 4.79 Å². The molecule has 24 heavy (non-hydrogen) atoms. The normalized spacial score (nSPS) is 17.9. The molecule has 0 bridgehead atoms. The van der Waals surface area contributed by atoms with Crippen molar-refractivity contribution >= 4 is 11.6 Å². The second kappa shape index (κ2) is 6.23. The summed E-state index contributed by atoms with van der Waals surface area (Å²) in [4.78, 5) is 15.4. The fourth-order valence-corrected chi connectivity index (χ4v) is 2.37. The lowest BCUT2D eigenvalue weighted by Crippen LogP contribution is -2.23. The molecule has 9 heteroatoms. The number of nitrogens with zero attached hydrogens (tertiary/aromatic N) is 2. The molecule has 1 fully saturated rings. The molecule has 1 aliphatic rings. The van der Waals surface area contributed by atoms with E-state index in [-0.39, 0.29) is 17.6 Å². The monoisotopic (exact) mass is 341 g/mol. The fourth-order valence-electron chi connectivity index (χ4n) is 2.37. The van der Waals surface area contributed by atoms with E-state index in [4.69, 9.17) is 4.74 Å². The van der Waals surface area contributed by atoms with Crippen LogP contribution in [0.1, 0.15) is 17.9 Å². The zero-order valence-corrected chi connectivity index (χ0v) is 12.7. The van der Waals surface area contributed by atoms with Crippen LogP contribution >= 0.6 is 0 Å². The lowest BCUT2D eigenvalue weighted by Gasteiger charge is -2.12. The van der Waals surface area contributed by atoms with Crippen LogP contribution in [0.5, 0.6) is 0 Å². The van der Waals surface area contributed by atoms with Gasteiger partial charge in [-0.15, -0.1) is 0 Å².